The lowest BCUT2D eigenvalue weighted by Gasteiger charge is -2.07. The maximum Gasteiger partial charge on any atom is 0.0604 e. The lowest BCUT2D eigenvalue weighted by Crippen LogP contribution is -2.04. The zero-order valence-corrected chi connectivity index (χ0v) is 9.47. The number of hydrogen-bond acceptors (Lipinski definition) is 3. The van der Waals surface area contributed by atoms with Crippen LogP contribution in [0, 0.1) is 0 Å². The summed E-state index contributed by atoms with van der Waals surface area (Å²) in [6.45, 7) is 5.14. The molecule has 0 aliphatic rings. The van der Waals surface area contributed by atoms with E-state index in [2.05, 4.69) is 31.3 Å². The van der Waals surface area contributed by atoms with Crippen LogP contribution in [0.2, 0.25) is 0 Å². The molecule has 0 aliphatic heterocycles. The summed E-state index contributed by atoms with van der Waals surface area (Å²) in [6, 6.07) is 8.29. The molecule has 0 aliphatic carbocycles. The number of aliphatic hydroxyl groups excluding tert-OH is 1. The highest BCUT2D eigenvalue weighted by atomic mass is 32.2. The van der Waals surface area contributed by atoms with Gasteiger partial charge in [0.25, 0.3) is 0 Å². The molecule has 2 N–H and O–H groups in total. The van der Waals surface area contributed by atoms with E-state index < -0.39 is 0 Å². The zero-order chi connectivity index (χ0) is 10.4. The molecule has 0 radical (unpaired) electrons. The average Bonchev–Trinajstić information content (AvgIpc) is 2.16. The fourth-order valence-corrected chi connectivity index (χ4v) is 1.96. The molecule has 0 spiro atoms. The highest BCUT2D eigenvalue weighted by molar-refractivity contribution is 7.99. The lowest BCUT2D eigenvalue weighted by molar-refractivity contribution is 0.311. The first-order chi connectivity index (χ1) is 6.72. The maximum atomic E-state index is 8.63. The van der Waals surface area contributed by atoms with Gasteiger partial charge in [-0.1, -0.05) is 13.8 Å². The second-order valence-corrected chi connectivity index (χ2v) is 4.99. The van der Waals surface area contributed by atoms with E-state index in [1.807, 2.05) is 23.9 Å². The molecule has 78 valence electrons. The van der Waals surface area contributed by atoms with Crippen LogP contribution < -0.4 is 5.32 Å². The van der Waals surface area contributed by atoms with Gasteiger partial charge in [0, 0.05) is 22.4 Å². The number of benzene rings is 1. The Balaban J connectivity index is 2.50. The van der Waals surface area contributed by atoms with Gasteiger partial charge in [0.2, 0.25) is 0 Å². The first-order valence-electron chi connectivity index (χ1n) is 4.84. The molecule has 1 aromatic rings. The number of hydrogen-bond donors (Lipinski definition) is 2. The fourth-order valence-electron chi connectivity index (χ4n) is 1.12. The summed E-state index contributed by atoms with van der Waals surface area (Å²) in [4.78, 5) is 1.29. The Kier molecular flexibility index (Phi) is 4.84. The summed E-state index contributed by atoms with van der Waals surface area (Å²) >= 11 is 1.85. The minimum atomic E-state index is 0.169. The molecule has 0 heterocycles. The first kappa shape index (κ1) is 11.4. The molecule has 0 saturated heterocycles. The molecule has 0 fully saturated rings. The molecule has 2 nitrogen and oxygen atoms in total. The molecule has 1 rings (SSSR count). The Morgan fingerprint density at radius 1 is 1.29 bits per heavy atom. The van der Waals surface area contributed by atoms with Gasteiger partial charge in [-0.25, -0.2) is 0 Å². The second-order valence-electron chi connectivity index (χ2n) is 3.34. The fraction of sp³-hybridized carbons (Fsp3) is 0.455. The normalized spacial score (nSPS) is 10.6. The van der Waals surface area contributed by atoms with Crippen LogP contribution in [0.5, 0.6) is 0 Å². The SMILES string of the molecule is CC(C)Sc1ccc(NCCO)cc1. The van der Waals surface area contributed by atoms with Gasteiger partial charge in [-0.05, 0) is 24.3 Å². The van der Waals surface area contributed by atoms with Crippen molar-refractivity contribution in [1.29, 1.82) is 0 Å². The van der Waals surface area contributed by atoms with Gasteiger partial charge in [0.15, 0.2) is 0 Å². The molecule has 0 bridgehead atoms. The number of rotatable bonds is 5. The molecule has 0 amide bonds. The Hall–Kier alpha value is -0.670. The van der Waals surface area contributed by atoms with Gasteiger partial charge in [-0.2, -0.15) is 0 Å². The van der Waals surface area contributed by atoms with Crippen molar-refractivity contribution in [3.8, 4) is 0 Å². The number of thioether (sulfide) groups is 1. The Morgan fingerprint density at radius 2 is 1.93 bits per heavy atom. The molecule has 3 heteroatoms. The topological polar surface area (TPSA) is 32.3 Å². The summed E-state index contributed by atoms with van der Waals surface area (Å²) in [5, 5.41) is 12.4. The highest BCUT2D eigenvalue weighted by Gasteiger charge is 1.97. The number of aliphatic hydroxyl groups is 1. The minimum Gasteiger partial charge on any atom is -0.395 e. The summed E-state index contributed by atoms with van der Waals surface area (Å²) in [5.74, 6) is 0. The van der Waals surface area contributed by atoms with Crippen molar-refractivity contribution in [3.05, 3.63) is 24.3 Å². The maximum absolute atomic E-state index is 8.63. The first-order valence-corrected chi connectivity index (χ1v) is 5.72. The van der Waals surface area contributed by atoms with Crippen molar-refractivity contribution < 1.29 is 5.11 Å². The van der Waals surface area contributed by atoms with E-state index in [1.165, 1.54) is 4.90 Å². The summed E-state index contributed by atoms with van der Waals surface area (Å²) < 4.78 is 0. The van der Waals surface area contributed by atoms with Crippen molar-refractivity contribution in [3.63, 3.8) is 0 Å². The number of anilines is 1. The third kappa shape index (κ3) is 4.03. The summed E-state index contributed by atoms with van der Waals surface area (Å²) in [6.07, 6.45) is 0. The van der Waals surface area contributed by atoms with Gasteiger partial charge in [0.05, 0.1) is 6.61 Å². The third-order valence-corrected chi connectivity index (χ3v) is 2.68. The predicted octanol–water partition coefficient (Wildman–Crippen LogP) is 2.59. The van der Waals surface area contributed by atoms with E-state index in [0.717, 1.165) is 5.69 Å². The Bertz CT molecular complexity index is 258. The molecule has 0 unspecified atom stereocenters. The molecular weight excluding hydrogens is 194 g/mol. The van der Waals surface area contributed by atoms with Gasteiger partial charge in [-0.3, -0.25) is 0 Å². The van der Waals surface area contributed by atoms with Crippen LogP contribution in [0.25, 0.3) is 0 Å². The van der Waals surface area contributed by atoms with Crippen LogP contribution in [0.1, 0.15) is 13.8 Å². The van der Waals surface area contributed by atoms with Gasteiger partial charge in [0.1, 0.15) is 0 Å². The molecule has 0 saturated carbocycles. The standard InChI is InChI=1S/C11H17NOS/c1-9(2)14-11-5-3-10(4-6-11)12-7-8-13/h3-6,9,12-13H,7-8H2,1-2H3. The van der Waals surface area contributed by atoms with E-state index in [-0.39, 0.29) is 6.61 Å². The molecule has 0 atom stereocenters. The third-order valence-electron chi connectivity index (χ3n) is 1.67. The van der Waals surface area contributed by atoms with E-state index in [0.29, 0.717) is 11.8 Å². The van der Waals surface area contributed by atoms with Crippen molar-refractivity contribution in [2.45, 2.75) is 24.0 Å². The average molecular weight is 211 g/mol. The van der Waals surface area contributed by atoms with Crippen LogP contribution >= 0.6 is 11.8 Å². The smallest absolute Gasteiger partial charge is 0.0604 e. The van der Waals surface area contributed by atoms with Crippen molar-refractivity contribution in [1.82, 2.24) is 0 Å². The van der Waals surface area contributed by atoms with Crippen LogP contribution in [0.4, 0.5) is 5.69 Å². The molecule has 0 aromatic heterocycles. The van der Waals surface area contributed by atoms with Crippen molar-refractivity contribution >= 4 is 17.4 Å². The van der Waals surface area contributed by atoms with E-state index in [4.69, 9.17) is 5.11 Å². The quantitative estimate of drug-likeness (QED) is 0.734. The van der Waals surface area contributed by atoms with Crippen LogP contribution in [0.15, 0.2) is 29.2 Å². The van der Waals surface area contributed by atoms with Gasteiger partial charge < -0.3 is 10.4 Å². The highest BCUT2D eigenvalue weighted by Crippen LogP contribution is 2.23. The Morgan fingerprint density at radius 3 is 2.43 bits per heavy atom. The molecular formula is C11H17NOS. The lowest BCUT2D eigenvalue weighted by atomic mass is 10.3. The van der Waals surface area contributed by atoms with Crippen LogP contribution in [0.3, 0.4) is 0 Å². The van der Waals surface area contributed by atoms with Crippen molar-refractivity contribution in [2.75, 3.05) is 18.5 Å². The number of nitrogens with one attached hydrogen (secondary N) is 1. The largest absolute Gasteiger partial charge is 0.395 e. The summed E-state index contributed by atoms with van der Waals surface area (Å²) in [5.41, 5.74) is 1.06. The minimum absolute atomic E-state index is 0.169. The van der Waals surface area contributed by atoms with Crippen LogP contribution in [-0.4, -0.2) is 23.5 Å². The molecule has 14 heavy (non-hydrogen) atoms. The predicted molar refractivity (Wildman–Crippen MR) is 63.0 cm³/mol. The van der Waals surface area contributed by atoms with Gasteiger partial charge in [-0.15, -0.1) is 11.8 Å². The molecule has 1 aromatic carbocycles. The van der Waals surface area contributed by atoms with Crippen LogP contribution in [-0.2, 0) is 0 Å². The van der Waals surface area contributed by atoms with E-state index in [9.17, 15) is 0 Å². The zero-order valence-electron chi connectivity index (χ0n) is 8.66. The monoisotopic (exact) mass is 211 g/mol. The van der Waals surface area contributed by atoms with Crippen molar-refractivity contribution in [2.24, 2.45) is 0 Å². The van der Waals surface area contributed by atoms with E-state index >= 15 is 0 Å². The van der Waals surface area contributed by atoms with E-state index in [1.54, 1.807) is 0 Å². The van der Waals surface area contributed by atoms with Gasteiger partial charge >= 0.3 is 0 Å². The second kappa shape index (κ2) is 5.94. The Labute approximate surface area is 89.7 Å². The summed E-state index contributed by atoms with van der Waals surface area (Å²) in [7, 11) is 0.